The lowest BCUT2D eigenvalue weighted by Crippen LogP contribution is -2.34. The third-order valence-corrected chi connectivity index (χ3v) is 7.10. The number of hydrogen-bond acceptors (Lipinski definition) is 5. The van der Waals surface area contributed by atoms with Crippen LogP contribution in [0, 0.1) is 5.82 Å². The molecule has 0 unspecified atom stereocenters. The lowest BCUT2D eigenvalue weighted by molar-refractivity contribution is 0.343. The van der Waals surface area contributed by atoms with Gasteiger partial charge in [0.15, 0.2) is 5.82 Å². The monoisotopic (exact) mass is 503 g/mol. The Balaban J connectivity index is 1.70. The first-order valence-electron chi connectivity index (χ1n) is 9.38. The Kier molecular flexibility index (Phi) is 6.01. The molecular weight excluding hydrogens is 487 g/mol. The van der Waals surface area contributed by atoms with Crippen LogP contribution in [0.3, 0.4) is 0 Å². The Bertz CT molecular complexity index is 1380. The van der Waals surface area contributed by atoms with Gasteiger partial charge < -0.3 is 9.88 Å². The fraction of sp³-hybridized carbons (Fsp3) is 0.263. The van der Waals surface area contributed by atoms with Gasteiger partial charge in [0.25, 0.3) is 5.56 Å². The maximum Gasteiger partial charge on any atom is 0.301 e. The second kappa shape index (κ2) is 8.47. The molecular formula is C19H17Cl2F2N5O3S. The van der Waals surface area contributed by atoms with Crippen molar-refractivity contribution < 1.29 is 17.2 Å². The van der Waals surface area contributed by atoms with E-state index in [2.05, 4.69) is 15.0 Å². The molecule has 1 saturated heterocycles. The quantitative estimate of drug-likeness (QED) is 0.551. The van der Waals surface area contributed by atoms with Crippen LogP contribution in [0.2, 0.25) is 10.0 Å². The number of alkyl halides is 1. The predicted molar refractivity (Wildman–Crippen MR) is 120 cm³/mol. The Hall–Kier alpha value is -2.47. The number of nitrogens with one attached hydrogen (secondary N) is 2. The molecule has 2 aromatic carbocycles. The Labute approximate surface area is 191 Å². The molecule has 1 atom stereocenters. The van der Waals surface area contributed by atoms with Gasteiger partial charge in [0.1, 0.15) is 6.17 Å². The molecule has 0 radical (unpaired) electrons. The van der Waals surface area contributed by atoms with Crippen LogP contribution in [-0.4, -0.2) is 41.5 Å². The molecule has 1 fully saturated rings. The maximum atomic E-state index is 15.2. The molecule has 0 saturated carbocycles. The van der Waals surface area contributed by atoms with Gasteiger partial charge in [0.05, 0.1) is 39.3 Å². The van der Waals surface area contributed by atoms with Crippen molar-refractivity contribution in [3.63, 3.8) is 0 Å². The molecule has 8 nitrogen and oxygen atoms in total. The summed E-state index contributed by atoms with van der Waals surface area (Å²) < 4.78 is 57.8. The topological polar surface area (TPSA) is 96.3 Å². The van der Waals surface area contributed by atoms with Crippen molar-refractivity contribution in [1.82, 2.24) is 13.9 Å². The minimum absolute atomic E-state index is 0.0144. The molecule has 0 spiro atoms. The number of rotatable bonds is 5. The summed E-state index contributed by atoms with van der Waals surface area (Å²) in [6.07, 6.45) is 0.153. The smallest absolute Gasteiger partial charge is 0.301 e. The zero-order valence-electron chi connectivity index (χ0n) is 16.6. The van der Waals surface area contributed by atoms with E-state index in [4.69, 9.17) is 23.2 Å². The van der Waals surface area contributed by atoms with E-state index in [-0.39, 0.29) is 51.9 Å². The summed E-state index contributed by atoms with van der Waals surface area (Å²) in [5, 5.41) is 2.94. The second-order valence-corrected chi connectivity index (χ2v) is 9.76. The summed E-state index contributed by atoms with van der Waals surface area (Å²) in [6, 6.07) is 5.39. The molecule has 2 heterocycles. The highest BCUT2D eigenvalue weighted by molar-refractivity contribution is 7.90. The van der Waals surface area contributed by atoms with Crippen molar-refractivity contribution >= 4 is 61.4 Å². The Morgan fingerprint density at radius 2 is 1.91 bits per heavy atom. The van der Waals surface area contributed by atoms with E-state index in [1.165, 1.54) is 36.1 Å². The van der Waals surface area contributed by atoms with E-state index in [1.807, 2.05) is 0 Å². The summed E-state index contributed by atoms with van der Waals surface area (Å²) >= 11 is 12.5. The maximum absolute atomic E-state index is 15.2. The van der Waals surface area contributed by atoms with Crippen LogP contribution in [-0.2, 0) is 17.3 Å². The van der Waals surface area contributed by atoms with Gasteiger partial charge in [0, 0.05) is 25.2 Å². The van der Waals surface area contributed by atoms with Gasteiger partial charge in [-0.3, -0.25) is 9.52 Å². The number of aromatic nitrogens is 2. The minimum atomic E-state index is -4.18. The zero-order chi connectivity index (χ0) is 23.2. The Morgan fingerprint density at radius 1 is 1.19 bits per heavy atom. The fourth-order valence-corrected chi connectivity index (χ4v) is 5.13. The van der Waals surface area contributed by atoms with Crippen molar-refractivity contribution in [3.05, 3.63) is 56.8 Å². The number of nitrogens with zero attached hydrogens (tertiary/aromatic N) is 3. The van der Waals surface area contributed by atoms with Crippen LogP contribution >= 0.6 is 23.2 Å². The molecule has 1 aliphatic heterocycles. The zero-order valence-corrected chi connectivity index (χ0v) is 18.9. The van der Waals surface area contributed by atoms with Crippen LogP contribution in [0.4, 0.5) is 25.8 Å². The molecule has 1 aliphatic rings. The van der Waals surface area contributed by atoms with Crippen LogP contribution in [0.15, 0.2) is 35.4 Å². The number of benzene rings is 2. The third-order valence-electron chi connectivity index (χ3n) is 5.00. The van der Waals surface area contributed by atoms with Crippen molar-refractivity contribution in [2.45, 2.75) is 12.6 Å². The van der Waals surface area contributed by atoms with Gasteiger partial charge in [-0.25, -0.2) is 13.8 Å². The first kappa shape index (κ1) is 22.7. The summed E-state index contributed by atoms with van der Waals surface area (Å²) in [5.74, 6) is -0.954. The van der Waals surface area contributed by atoms with Crippen LogP contribution in [0.25, 0.3) is 10.9 Å². The molecule has 0 aliphatic carbocycles. The highest BCUT2D eigenvalue weighted by Gasteiger charge is 2.32. The SMILES string of the molecule is Cn1cnc2ccc(Nc3cc(Cl)cc(NS(=O)(=O)N4CC[C@@H](F)C4)c3F)c(Cl)c2c1=O. The fourth-order valence-electron chi connectivity index (χ4n) is 3.36. The van der Waals surface area contributed by atoms with E-state index in [0.717, 1.165) is 10.4 Å². The van der Waals surface area contributed by atoms with Gasteiger partial charge in [0.2, 0.25) is 0 Å². The second-order valence-electron chi connectivity index (χ2n) is 7.27. The van der Waals surface area contributed by atoms with Crippen molar-refractivity contribution in [2.24, 2.45) is 7.05 Å². The van der Waals surface area contributed by atoms with Gasteiger partial charge >= 0.3 is 10.2 Å². The van der Waals surface area contributed by atoms with Gasteiger partial charge in [-0.15, -0.1) is 0 Å². The number of fused-ring (bicyclic) bond motifs is 1. The van der Waals surface area contributed by atoms with Gasteiger partial charge in [-0.2, -0.15) is 12.7 Å². The first-order chi connectivity index (χ1) is 15.1. The molecule has 0 bridgehead atoms. The van der Waals surface area contributed by atoms with E-state index in [9.17, 15) is 17.6 Å². The highest BCUT2D eigenvalue weighted by Crippen LogP contribution is 2.35. The molecule has 2 N–H and O–H groups in total. The average molecular weight is 504 g/mol. The first-order valence-corrected chi connectivity index (χ1v) is 11.6. The lowest BCUT2D eigenvalue weighted by Gasteiger charge is -2.19. The molecule has 170 valence electrons. The summed E-state index contributed by atoms with van der Waals surface area (Å²) in [6.45, 7) is -0.322. The summed E-state index contributed by atoms with van der Waals surface area (Å²) in [5.41, 5.74) is -0.432. The number of halogens is 4. The molecule has 13 heteroatoms. The van der Waals surface area contributed by atoms with E-state index < -0.39 is 27.9 Å². The van der Waals surface area contributed by atoms with Crippen molar-refractivity contribution in [2.75, 3.05) is 23.1 Å². The molecule has 1 aromatic heterocycles. The van der Waals surface area contributed by atoms with Gasteiger partial charge in [-0.1, -0.05) is 23.2 Å². The summed E-state index contributed by atoms with van der Waals surface area (Å²) in [7, 11) is -2.66. The van der Waals surface area contributed by atoms with E-state index >= 15 is 4.39 Å². The predicted octanol–water partition coefficient (Wildman–Crippen LogP) is 3.82. The largest absolute Gasteiger partial charge is 0.352 e. The van der Waals surface area contributed by atoms with Crippen LogP contribution < -0.4 is 15.6 Å². The minimum Gasteiger partial charge on any atom is -0.352 e. The summed E-state index contributed by atoms with van der Waals surface area (Å²) in [4.78, 5) is 16.6. The molecule has 32 heavy (non-hydrogen) atoms. The third kappa shape index (κ3) is 4.25. The van der Waals surface area contributed by atoms with Crippen molar-refractivity contribution in [3.8, 4) is 0 Å². The molecule has 0 amide bonds. The van der Waals surface area contributed by atoms with Crippen molar-refractivity contribution in [1.29, 1.82) is 0 Å². The number of anilines is 3. The molecule has 3 aromatic rings. The molecule has 4 rings (SSSR count). The standard InChI is InChI=1S/C19H17Cl2F2N5O3S/c1-27-9-24-12-2-3-13(17(21)16(12)19(27)29)25-14-6-10(20)7-15(18(14)23)26-32(30,31)28-5-4-11(22)8-28/h2-3,6-7,9,11,25-26H,4-5,8H2,1H3/t11-/m1/s1. The number of hydrogen-bond donors (Lipinski definition) is 2. The Morgan fingerprint density at radius 3 is 2.59 bits per heavy atom. The lowest BCUT2D eigenvalue weighted by atomic mass is 10.2. The van der Waals surface area contributed by atoms with E-state index in [0.29, 0.717) is 5.52 Å². The normalized spacial score (nSPS) is 17.1. The average Bonchev–Trinajstić information content (AvgIpc) is 3.17. The van der Waals surface area contributed by atoms with Crippen LogP contribution in [0.1, 0.15) is 6.42 Å². The number of aryl methyl sites for hydroxylation is 1. The van der Waals surface area contributed by atoms with Gasteiger partial charge in [-0.05, 0) is 30.7 Å². The highest BCUT2D eigenvalue weighted by atomic mass is 35.5. The van der Waals surface area contributed by atoms with E-state index in [1.54, 1.807) is 0 Å². The van der Waals surface area contributed by atoms with Crippen LogP contribution in [0.5, 0.6) is 0 Å².